The zero-order chi connectivity index (χ0) is 26.2. The van der Waals surface area contributed by atoms with Gasteiger partial charge in [-0.15, -0.1) is 11.3 Å². The number of nitriles is 3. The number of ketones is 1. The molecular formula is C31H15N5OS. The number of rotatable bonds is 3. The molecule has 0 spiro atoms. The number of aromatic nitrogens is 2. The number of thiazole rings is 1. The molecule has 38 heavy (non-hydrogen) atoms. The topological polar surface area (TPSA) is 106 Å². The molecule has 0 amide bonds. The molecule has 0 radical (unpaired) electrons. The Bertz CT molecular complexity index is 1940. The fraction of sp³-hybridized carbons (Fsp3) is 0. The van der Waals surface area contributed by atoms with Crippen LogP contribution in [0.5, 0.6) is 0 Å². The normalized spacial score (nSPS) is 13.2. The first-order chi connectivity index (χ1) is 18.6. The predicted molar refractivity (Wildman–Crippen MR) is 146 cm³/mol. The van der Waals surface area contributed by atoms with E-state index in [1.807, 2.05) is 65.2 Å². The maximum Gasteiger partial charge on any atom is 0.194 e. The average molecular weight is 506 g/mol. The largest absolute Gasteiger partial charge is 0.294 e. The highest BCUT2D eigenvalue weighted by atomic mass is 32.1. The maximum atomic E-state index is 13.5. The van der Waals surface area contributed by atoms with Gasteiger partial charge in [-0.25, -0.2) is 4.98 Å². The Balaban J connectivity index is 1.58. The minimum Gasteiger partial charge on any atom is -0.294 e. The standard InChI is InChI=1S/C31H15N5OS/c32-16-19-10-12-20(13-11-19)31-35-30-27(38-31)15-23(36(30)22-6-2-1-3-7-22)14-26-28(21(17-33)18-34)24-8-4-5-9-25(24)29(26)37/h1-15H/b26-14-. The van der Waals surface area contributed by atoms with Crippen molar-refractivity contribution in [2.45, 2.75) is 0 Å². The van der Waals surface area contributed by atoms with E-state index in [0.717, 1.165) is 26.6 Å². The monoisotopic (exact) mass is 505 g/mol. The van der Waals surface area contributed by atoms with Crippen LogP contribution < -0.4 is 0 Å². The van der Waals surface area contributed by atoms with Gasteiger partial charge in [0.25, 0.3) is 0 Å². The lowest BCUT2D eigenvalue weighted by atomic mass is 9.99. The van der Waals surface area contributed by atoms with Crippen molar-refractivity contribution in [3.8, 4) is 34.5 Å². The molecule has 6 nitrogen and oxygen atoms in total. The summed E-state index contributed by atoms with van der Waals surface area (Å²) in [6, 6.07) is 32.0. The Morgan fingerprint density at radius 3 is 2.24 bits per heavy atom. The predicted octanol–water partition coefficient (Wildman–Crippen LogP) is 6.71. The minimum atomic E-state index is -0.228. The van der Waals surface area contributed by atoms with Gasteiger partial charge in [-0.1, -0.05) is 54.6 Å². The number of allylic oxidation sites excluding steroid dienone is 3. The van der Waals surface area contributed by atoms with Gasteiger partial charge in [-0.3, -0.25) is 9.36 Å². The first kappa shape index (κ1) is 22.9. The Morgan fingerprint density at radius 1 is 0.868 bits per heavy atom. The van der Waals surface area contributed by atoms with Gasteiger partial charge in [0, 0.05) is 33.7 Å². The van der Waals surface area contributed by atoms with E-state index < -0.39 is 0 Å². The lowest BCUT2D eigenvalue weighted by Gasteiger charge is -2.09. The molecule has 0 saturated heterocycles. The second kappa shape index (κ2) is 9.15. The summed E-state index contributed by atoms with van der Waals surface area (Å²) >= 11 is 1.51. The molecule has 0 N–H and O–H groups in total. The van der Waals surface area contributed by atoms with E-state index in [1.165, 1.54) is 11.3 Å². The third kappa shape index (κ3) is 3.62. The van der Waals surface area contributed by atoms with Crippen LogP contribution in [0.2, 0.25) is 0 Å². The van der Waals surface area contributed by atoms with Crippen LogP contribution in [-0.4, -0.2) is 15.3 Å². The van der Waals surface area contributed by atoms with Crippen molar-refractivity contribution in [3.05, 3.63) is 118 Å². The molecule has 2 heterocycles. The summed E-state index contributed by atoms with van der Waals surface area (Å²) in [7, 11) is 0. The highest BCUT2D eigenvalue weighted by Crippen LogP contribution is 2.41. The summed E-state index contributed by atoms with van der Waals surface area (Å²) < 4.78 is 2.88. The van der Waals surface area contributed by atoms with Crippen LogP contribution in [0.4, 0.5) is 0 Å². The quantitative estimate of drug-likeness (QED) is 0.200. The van der Waals surface area contributed by atoms with Crippen molar-refractivity contribution in [1.29, 1.82) is 15.8 Å². The van der Waals surface area contributed by atoms with Crippen LogP contribution in [0, 0.1) is 34.0 Å². The average Bonchev–Trinajstić information content (AvgIpc) is 3.60. The van der Waals surface area contributed by atoms with Gasteiger partial charge in [-0.2, -0.15) is 15.8 Å². The molecule has 0 bridgehead atoms. The zero-order valence-electron chi connectivity index (χ0n) is 19.7. The van der Waals surface area contributed by atoms with Crippen LogP contribution in [-0.2, 0) is 0 Å². The molecule has 1 aliphatic carbocycles. The zero-order valence-corrected chi connectivity index (χ0v) is 20.5. The van der Waals surface area contributed by atoms with Crippen LogP contribution in [0.3, 0.4) is 0 Å². The second-order valence-corrected chi connectivity index (χ2v) is 9.57. The number of hydrogen-bond donors (Lipinski definition) is 0. The number of hydrogen-bond acceptors (Lipinski definition) is 6. The first-order valence-electron chi connectivity index (χ1n) is 11.6. The molecule has 0 atom stereocenters. The molecule has 0 unspecified atom stereocenters. The first-order valence-corrected chi connectivity index (χ1v) is 12.4. The molecule has 1 aliphatic rings. The van der Waals surface area contributed by atoms with Crippen molar-refractivity contribution >= 4 is 39.1 Å². The fourth-order valence-corrected chi connectivity index (χ4v) is 5.66. The smallest absolute Gasteiger partial charge is 0.194 e. The molecule has 176 valence electrons. The van der Waals surface area contributed by atoms with E-state index in [-0.39, 0.29) is 11.4 Å². The molecule has 5 aromatic rings. The van der Waals surface area contributed by atoms with Gasteiger partial charge in [0.05, 0.1) is 16.3 Å². The summed E-state index contributed by atoms with van der Waals surface area (Å²) in [5.41, 5.74) is 5.39. The highest BCUT2D eigenvalue weighted by Gasteiger charge is 2.32. The van der Waals surface area contributed by atoms with E-state index in [4.69, 9.17) is 10.2 Å². The number of benzene rings is 3. The van der Waals surface area contributed by atoms with Gasteiger partial charge in [0.15, 0.2) is 11.4 Å². The molecule has 7 heteroatoms. The molecule has 0 saturated carbocycles. The number of para-hydroxylation sites is 1. The maximum absolute atomic E-state index is 13.5. The summed E-state index contributed by atoms with van der Waals surface area (Å²) in [6.07, 6.45) is 1.75. The molecule has 6 rings (SSSR count). The third-order valence-electron chi connectivity index (χ3n) is 6.38. The van der Waals surface area contributed by atoms with E-state index >= 15 is 0 Å². The highest BCUT2D eigenvalue weighted by molar-refractivity contribution is 7.21. The van der Waals surface area contributed by atoms with E-state index in [2.05, 4.69) is 6.07 Å². The number of Topliss-reactive ketones (excluding diaryl/α,β-unsaturated/α-hetero) is 1. The Hall–Kier alpha value is -5.55. The Morgan fingerprint density at radius 2 is 1.55 bits per heavy atom. The van der Waals surface area contributed by atoms with Crippen molar-refractivity contribution in [3.63, 3.8) is 0 Å². The van der Waals surface area contributed by atoms with Gasteiger partial charge in [-0.05, 0) is 42.0 Å². The minimum absolute atomic E-state index is 0.101. The SMILES string of the molecule is N#CC(C#N)=C1/C(=C/c2cc3sc(-c4ccc(C#N)cc4)nc3n2-c2ccccc2)C(=O)c2ccccc21. The fourth-order valence-electron chi connectivity index (χ4n) is 4.66. The van der Waals surface area contributed by atoms with Crippen LogP contribution >= 0.6 is 11.3 Å². The van der Waals surface area contributed by atoms with Gasteiger partial charge < -0.3 is 0 Å². The molecule has 0 aliphatic heterocycles. The lowest BCUT2D eigenvalue weighted by molar-refractivity contribution is 0.104. The molecule has 3 aromatic carbocycles. The second-order valence-electron chi connectivity index (χ2n) is 8.54. The number of fused-ring (bicyclic) bond motifs is 2. The third-order valence-corrected chi connectivity index (χ3v) is 7.42. The van der Waals surface area contributed by atoms with Gasteiger partial charge in [0.1, 0.15) is 22.7 Å². The molecule has 2 aromatic heterocycles. The number of nitrogens with zero attached hydrogens (tertiary/aromatic N) is 5. The lowest BCUT2D eigenvalue weighted by Crippen LogP contribution is -2.00. The number of carbonyl (C=O) groups excluding carboxylic acids is 1. The summed E-state index contributed by atoms with van der Waals surface area (Å²) in [5, 5.41) is 29.3. The van der Waals surface area contributed by atoms with E-state index in [1.54, 1.807) is 42.5 Å². The number of carbonyl (C=O) groups is 1. The van der Waals surface area contributed by atoms with Gasteiger partial charge >= 0.3 is 0 Å². The van der Waals surface area contributed by atoms with Crippen molar-refractivity contribution in [2.75, 3.05) is 0 Å². The van der Waals surface area contributed by atoms with Crippen molar-refractivity contribution < 1.29 is 4.79 Å². The van der Waals surface area contributed by atoms with Gasteiger partial charge in [0.2, 0.25) is 0 Å². The van der Waals surface area contributed by atoms with E-state index in [9.17, 15) is 15.3 Å². The van der Waals surface area contributed by atoms with E-state index in [0.29, 0.717) is 33.5 Å². The van der Waals surface area contributed by atoms with Crippen LogP contribution in [0.15, 0.2) is 96.1 Å². The Kier molecular flexibility index (Phi) is 5.51. The summed E-state index contributed by atoms with van der Waals surface area (Å²) in [4.78, 5) is 18.4. The molecular weight excluding hydrogens is 490 g/mol. The van der Waals surface area contributed by atoms with Crippen LogP contribution in [0.25, 0.3) is 38.3 Å². The summed E-state index contributed by atoms with van der Waals surface area (Å²) in [6.45, 7) is 0. The van der Waals surface area contributed by atoms with Crippen molar-refractivity contribution in [1.82, 2.24) is 9.55 Å². The Labute approximate surface area is 221 Å². The van der Waals surface area contributed by atoms with Crippen LogP contribution in [0.1, 0.15) is 27.2 Å². The van der Waals surface area contributed by atoms with Crippen molar-refractivity contribution in [2.24, 2.45) is 0 Å². The summed E-state index contributed by atoms with van der Waals surface area (Å²) in [5.74, 6) is -0.228. The molecule has 0 fully saturated rings.